The number of fused-ring (bicyclic) bond motifs is 7. The number of anilines is 4. The van der Waals surface area contributed by atoms with Gasteiger partial charge >= 0.3 is 0 Å². The van der Waals surface area contributed by atoms with Crippen LogP contribution in [0.25, 0.3) is 11.1 Å². The maximum atomic E-state index is 2.49. The smallest absolute Gasteiger partial charge is 0.0447 e. The quantitative estimate of drug-likeness (QED) is 0.257. The van der Waals surface area contributed by atoms with Crippen LogP contribution in [0.15, 0.2) is 60.7 Å². The topological polar surface area (TPSA) is 6.48 Å². The zero-order valence-corrected chi connectivity index (χ0v) is 19.8. The molecule has 0 unspecified atom stereocenters. The predicted molar refractivity (Wildman–Crippen MR) is 139 cm³/mol. The van der Waals surface area contributed by atoms with Gasteiger partial charge in [-0.05, 0) is 107 Å². The van der Waals surface area contributed by atoms with Gasteiger partial charge in [0.05, 0.1) is 0 Å². The van der Waals surface area contributed by atoms with Crippen LogP contribution in [0.5, 0.6) is 0 Å². The van der Waals surface area contributed by atoms with E-state index in [4.69, 9.17) is 0 Å². The Morgan fingerprint density at radius 2 is 1.15 bits per heavy atom. The second-order valence-electron chi connectivity index (χ2n) is 10.1. The minimum Gasteiger partial charge on any atom is -0.344 e. The summed E-state index contributed by atoms with van der Waals surface area (Å²) in [4.78, 5) is 4.78. The first-order valence-corrected chi connectivity index (χ1v) is 12.0. The molecule has 162 valence electrons. The van der Waals surface area contributed by atoms with Gasteiger partial charge in [-0.25, -0.2) is 0 Å². The van der Waals surface area contributed by atoms with Crippen LogP contribution in [0.3, 0.4) is 0 Å². The summed E-state index contributed by atoms with van der Waals surface area (Å²) in [6, 6.07) is 23.4. The van der Waals surface area contributed by atoms with Gasteiger partial charge < -0.3 is 9.80 Å². The van der Waals surface area contributed by atoms with E-state index in [9.17, 15) is 0 Å². The summed E-state index contributed by atoms with van der Waals surface area (Å²) in [6.07, 6.45) is 3.05. The van der Waals surface area contributed by atoms with Crippen LogP contribution >= 0.6 is 0 Å². The zero-order chi connectivity index (χ0) is 22.4. The number of hydrogen-bond acceptors (Lipinski definition) is 2. The van der Waals surface area contributed by atoms with Crippen molar-refractivity contribution in [1.82, 2.24) is 0 Å². The molecule has 4 aromatic carbocycles. The molecule has 0 amide bonds. The molecule has 0 aromatic heterocycles. The largest absolute Gasteiger partial charge is 0.344 e. The Morgan fingerprint density at radius 1 is 0.545 bits per heavy atom. The summed E-state index contributed by atoms with van der Waals surface area (Å²) >= 11 is 0. The molecule has 2 heterocycles. The van der Waals surface area contributed by atoms with E-state index in [1.54, 1.807) is 0 Å². The average molecular weight is 429 g/mol. The van der Waals surface area contributed by atoms with Crippen LogP contribution in [0, 0.1) is 13.8 Å². The summed E-state index contributed by atoms with van der Waals surface area (Å²) < 4.78 is 0. The minimum atomic E-state index is 1.01. The lowest BCUT2D eigenvalue weighted by molar-refractivity contribution is 1.03. The van der Waals surface area contributed by atoms with E-state index in [1.165, 1.54) is 78.4 Å². The fourth-order valence-electron chi connectivity index (χ4n) is 6.33. The first-order valence-electron chi connectivity index (χ1n) is 12.0. The third kappa shape index (κ3) is 2.61. The van der Waals surface area contributed by atoms with Crippen molar-refractivity contribution in [3.8, 4) is 11.1 Å². The van der Waals surface area contributed by atoms with Gasteiger partial charge in [-0.2, -0.15) is 0 Å². The SMILES string of the molecule is Cc1ccc2c(c1)Cc1cc3c(cc1N2C)Cc1cc2c(cc1-3)Cc1c(C)cccc1N2C. The lowest BCUT2D eigenvalue weighted by Gasteiger charge is -2.32. The molecule has 0 saturated carbocycles. The summed E-state index contributed by atoms with van der Waals surface area (Å²) in [5, 5.41) is 0. The normalized spacial score (nSPS) is 14.8. The molecule has 2 heteroatoms. The van der Waals surface area contributed by atoms with E-state index in [-0.39, 0.29) is 0 Å². The molecule has 4 aromatic rings. The van der Waals surface area contributed by atoms with Crippen molar-refractivity contribution in [2.45, 2.75) is 33.1 Å². The van der Waals surface area contributed by atoms with E-state index in [2.05, 4.69) is 98.4 Å². The van der Waals surface area contributed by atoms with Gasteiger partial charge in [0.15, 0.2) is 0 Å². The van der Waals surface area contributed by atoms with Gasteiger partial charge in [0.2, 0.25) is 0 Å². The van der Waals surface area contributed by atoms with Gasteiger partial charge in [-0.3, -0.25) is 0 Å². The molecule has 0 bridgehead atoms. The maximum absolute atomic E-state index is 2.49. The molecule has 2 nitrogen and oxygen atoms in total. The average Bonchev–Trinajstić information content (AvgIpc) is 3.14. The Hall–Kier alpha value is -3.52. The van der Waals surface area contributed by atoms with Crippen molar-refractivity contribution in [3.63, 3.8) is 0 Å². The third-order valence-corrected chi connectivity index (χ3v) is 8.09. The Labute approximate surface area is 196 Å². The number of benzene rings is 4. The van der Waals surface area contributed by atoms with Crippen molar-refractivity contribution in [2.75, 3.05) is 23.9 Å². The first kappa shape index (κ1) is 19.0. The monoisotopic (exact) mass is 428 g/mol. The predicted octanol–water partition coefficient (Wildman–Crippen LogP) is 7.22. The molecule has 0 spiro atoms. The molecule has 0 N–H and O–H groups in total. The number of aryl methyl sites for hydroxylation is 2. The minimum absolute atomic E-state index is 1.01. The van der Waals surface area contributed by atoms with Crippen molar-refractivity contribution in [1.29, 1.82) is 0 Å². The summed E-state index contributed by atoms with van der Waals surface area (Å²) in [7, 11) is 4.44. The molecule has 2 aliphatic heterocycles. The summed E-state index contributed by atoms with van der Waals surface area (Å²) in [5.41, 5.74) is 19.7. The number of rotatable bonds is 0. The number of hydrogen-bond donors (Lipinski definition) is 0. The van der Waals surface area contributed by atoms with Crippen molar-refractivity contribution in [2.24, 2.45) is 0 Å². The highest BCUT2D eigenvalue weighted by Crippen LogP contribution is 2.48. The lowest BCUT2D eigenvalue weighted by atomic mass is 9.89. The van der Waals surface area contributed by atoms with Gasteiger partial charge in [0.25, 0.3) is 0 Å². The highest BCUT2D eigenvalue weighted by atomic mass is 15.1. The van der Waals surface area contributed by atoms with Crippen LogP contribution in [0.4, 0.5) is 22.7 Å². The Bertz CT molecular complexity index is 1490. The summed E-state index contributed by atoms with van der Waals surface area (Å²) in [5.74, 6) is 0. The second-order valence-corrected chi connectivity index (χ2v) is 10.1. The Balaban J connectivity index is 1.35. The van der Waals surface area contributed by atoms with Gasteiger partial charge in [-0.1, -0.05) is 29.8 Å². The van der Waals surface area contributed by atoms with E-state index < -0.39 is 0 Å². The van der Waals surface area contributed by atoms with Crippen LogP contribution < -0.4 is 9.80 Å². The second kappa shape index (κ2) is 6.51. The first-order chi connectivity index (χ1) is 16.0. The van der Waals surface area contributed by atoms with Crippen molar-refractivity contribution < 1.29 is 0 Å². The molecule has 0 atom stereocenters. The van der Waals surface area contributed by atoms with E-state index in [0.717, 1.165) is 19.3 Å². The van der Waals surface area contributed by atoms with E-state index in [1.807, 2.05) is 0 Å². The number of nitrogens with zero attached hydrogens (tertiary/aromatic N) is 2. The maximum Gasteiger partial charge on any atom is 0.0447 e. The van der Waals surface area contributed by atoms with Crippen molar-refractivity contribution in [3.05, 3.63) is 105 Å². The van der Waals surface area contributed by atoms with Gasteiger partial charge in [-0.15, -0.1) is 0 Å². The zero-order valence-electron chi connectivity index (χ0n) is 19.8. The van der Waals surface area contributed by atoms with Crippen LogP contribution in [0.2, 0.25) is 0 Å². The molecular formula is C31H28N2. The molecule has 0 fully saturated rings. The molecular weight excluding hydrogens is 400 g/mol. The van der Waals surface area contributed by atoms with Crippen molar-refractivity contribution >= 4 is 22.7 Å². The van der Waals surface area contributed by atoms with Crippen LogP contribution in [-0.2, 0) is 19.3 Å². The van der Waals surface area contributed by atoms with Gasteiger partial charge in [0.1, 0.15) is 0 Å². The molecule has 0 saturated heterocycles. The highest BCUT2D eigenvalue weighted by molar-refractivity contribution is 5.87. The van der Waals surface area contributed by atoms with E-state index >= 15 is 0 Å². The fourth-order valence-corrected chi connectivity index (χ4v) is 6.33. The third-order valence-electron chi connectivity index (χ3n) is 8.09. The molecule has 1 aliphatic carbocycles. The molecule has 33 heavy (non-hydrogen) atoms. The lowest BCUT2D eigenvalue weighted by Crippen LogP contribution is -2.19. The highest BCUT2D eigenvalue weighted by Gasteiger charge is 2.29. The molecule has 0 radical (unpaired) electrons. The van der Waals surface area contributed by atoms with Gasteiger partial charge in [0, 0.05) is 49.7 Å². The van der Waals surface area contributed by atoms with Crippen LogP contribution in [-0.4, -0.2) is 14.1 Å². The standard InChI is InChI=1S/C31H28N2/c1-18-8-9-28-22(10-18)12-23-14-26-20(16-30(23)32(28)3)11-21-17-31-24(15-27(21)26)13-25-19(2)6-5-7-29(25)33(31)4/h5-10,14-17H,11-13H2,1-4H3. The Morgan fingerprint density at radius 3 is 1.88 bits per heavy atom. The summed E-state index contributed by atoms with van der Waals surface area (Å²) in [6.45, 7) is 4.43. The Kier molecular flexibility index (Phi) is 3.75. The van der Waals surface area contributed by atoms with Crippen LogP contribution in [0.1, 0.15) is 44.5 Å². The molecule has 3 aliphatic rings. The molecule has 7 rings (SSSR count). The fraction of sp³-hybridized carbons (Fsp3) is 0.226. The van der Waals surface area contributed by atoms with E-state index in [0.29, 0.717) is 0 Å².